The number of methoxy groups -OCH3 is 1. The maximum Gasteiger partial charge on any atom is 0.258 e. The molecule has 140 valence electrons. The first-order chi connectivity index (χ1) is 12.4. The van der Waals surface area contributed by atoms with Crippen LogP contribution in [0.15, 0.2) is 42.5 Å². The second-order valence-corrected chi connectivity index (χ2v) is 6.51. The number of carbonyl (C=O) groups is 1. The normalized spacial score (nSPS) is 11.9. The number of rotatable bonds is 8. The van der Waals surface area contributed by atoms with Gasteiger partial charge in [0.25, 0.3) is 5.91 Å². The molecule has 0 bridgehead atoms. The summed E-state index contributed by atoms with van der Waals surface area (Å²) in [4.78, 5) is 14.3. The maximum absolute atomic E-state index is 12.2. The molecule has 2 aromatic rings. The van der Waals surface area contributed by atoms with E-state index in [1.807, 2.05) is 70.4 Å². The Bertz CT molecular complexity index is 744. The van der Waals surface area contributed by atoms with Crippen LogP contribution in [0.2, 0.25) is 0 Å². The zero-order chi connectivity index (χ0) is 19.1. The minimum absolute atomic E-state index is 0.00360. The standard InChI is InChI=1S/C21H28N2O3/c1-15-9-8-12-19(16(15)2)26-14-21(24)22-13-18(23(3)4)17-10-6-7-11-20(17)25-5/h6-12,18H,13-14H2,1-5H3,(H,22,24)/t18-/m0/s1. The summed E-state index contributed by atoms with van der Waals surface area (Å²) in [6, 6.07) is 13.7. The van der Waals surface area contributed by atoms with Gasteiger partial charge in [-0.3, -0.25) is 4.79 Å². The molecule has 0 saturated heterocycles. The van der Waals surface area contributed by atoms with E-state index in [0.717, 1.165) is 28.2 Å². The Hall–Kier alpha value is -2.53. The monoisotopic (exact) mass is 356 g/mol. The summed E-state index contributed by atoms with van der Waals surface area (Å²) in [5.74, 6) is 1.41. The van der Waals surface area contributed by atoms with E-state index in [1.54, 1.807) is 7.11 Å². The lowest BCUT2D eigenvalue weighted by Crippen LogP contribution is -2.37. The Morgan fingerprint density at radius 2 is 1.77 bits per heavy atom. The van der Waals surface area contributed by atoms with Gasteiger partial charge in [-0.25, -0.2) is 0 Å². The van der Waals surface area contributed by atoms with Crippen molar-refractivity contribution in [2.75, 3.05) is 34.4 Å². The molecule has 0 saturated carbocycles. The Morgan fingerprint density at radius 1 is 1.08 bits per heavy atom. The zero-order valence-electron chi connectivity index (χ0n) is 16.2. The van der Waals surface area contributed by atoms with Crippen LogP contribution in [-0.4, -0.2) is 45.2 Å². The third kappa shape index (κ3) is 4.99. The van der Waals surface area contributed by atoms with Gasteiger partial charge in [-0.15, -0.1) is 0 Å². The van der Waals surface area contributed by atoms with Crippen LogP contribution < -0.4 is 14.8 Å². The molecule has 26 heavy (non-hydrogen) atoms. The highest BCUT2D eigenvalue weighted by Crippen LogP contribution is 2.27. The SMILES string of the molecule is COc1ccccc1[C@H](CNC(=O)COc1cccc(C)c1C)N(C)C. The van der Waals surface area contributed by atoms with Crippen molar-refractivity contribution in [2.24, 2.45) is 0 Å². The molecule has 0 spiro atoms. The predicted octanol–water partition coefficient (Wildman–Crippen LogP) is 3.11. The smallest absolute Gasteiger partial charge is 0.258 e. The van der Waals surface area contributed by atoms with Gasteiger partial charge in [-0.1, -0.05) is 30.3 Å². The molecule has 2 aromatic carbocycles. The van der Waals surface area contributed by atoms with E-state index in [2.05, 4.69) is 10.2 Å². The van der Waals surface area contributed by atoms with Crippen LogP contribution in [-0.2, 0) is 4.79 Å². The first kappa shape index (κ1) is 19.8. The number of nitrogens with zero attached hydrogens (tertiary/aromatic N) is 1. The molecule has 0 radical (unpaired) electrons. The summed E-state index contributed by atoms with van der Waals surface area (Å²) in [5.41, 5.74) is 3.24. The third-order valence-electron chi connectivity index (χ3n) is 4.53. The molecule has 2 rings (SSSR count). The van der Waals surface area contributed by atoms with Crippen LogP contribution in [0.4, 0.5) is 0 Å². The molecule has 1 amide bonds. The summed E-state index contributed by atoms with van der Waals surface area (Å²) < 4.78 is 11.1. The fourth-order valence-electron chi connectivity index (χ4n) is 2.80. The fourth-order valence-corrected chi connectivity index (χ4v) is 2.80. The summed E-state index contributed by atoms with van der Waals surface area (Å²) in [5, 5.41) is 2.96. The number of carbonyl (C=O) groups excluding carboxylic acids is 1. The van der Waals surface area contributed by atoms with Crippen molar-refractivity contribution in [3.63, 3.8) is 0 Å². The average Bonchev–Trinajstić information content (AvgIpc) is 2.63. The number of benzene rings is 2. The van der Waals surface area contributed by atoms with E-state index < -0.39 is 0 Å². The largest absolute Gasteiger partial charge is 0.496 e. The number of amides is 1. The van der Waals surface area contributed by atoms with Gasteiger partial charge in [0.15, 0.2) is 6.61 Å². The molecular formula is C21H28N2O3. The van der Waals surface area contributed by atoms with E-state index in [4.69, 9.17) is 9.47 Å². The number of para-hydroxylation sites is 1. The molecule has 0 aliphatic heterocycles. The number of ether oxygens (including phenoxy) is 2. The highest BCUT2D eigenvalue weighted by atomic mass is 16.5. The highest BCUT2D eigenvalue weighted by molar-refractivity contribution is 5.77. The van der Waals surface area contributed by atoms with Crippen molar-refractivity contribution in [2.45, 2.75) is 19.9 Å². The molecule has 1 N–H and O–H groups in total. The number of hydrogen-bond acceptors (Lipinski definition) is 4. The quantitative estimate of drug-likeness (QED) is 0.790. The van der Waals surface area contributed by atoms with E-state index in [1.165, 1.54) is 0 Å². The van der Waals surface area contributed by atoms with Crippen LogP contribution in [0.3, 0.4) is 0 Å². The molecule has 0 heterocycles. The second-order valence-electron chi connectivity index (χ2n) is 6.51. The molecule has 0 unspecified atom stereocenters. The minimum Gasteiger partial charge on any atom is -0.496 e. The Balaban J connectivity index is 1.96. The van der Waals surface area contributed by atoms with Crippen LogP contribution in [0, 0.1) is 13.8 Å². The van der Waals surface area contributed by atoms with Gasteiger partial charge in [0, 0.05) is 12.1 Å². The van der Waals surface area contributed by atoms with Crippen molar-refractivity contribution in [1.29, 1.82) is 0 Å². The van der Waals surface area contributed by atoms with Crippen molar-refractivity contribution in [1.82, 2.24) is 10.2 Å². The molecule has 0 aromatic heterocycles. The first-order valence-electron chi connectivity index (χ1n) is 8.69. The van der Waals surface area contributed by atoms with E-state index in [-0.39, 0.29) is 18.6 Å². The maximum atomic E-state index is 12.2. The summed E-state index contributed by atoms with van der Waals surface area (Å²) in [6.45, 7) is 4.49. The van der Waals surface area contributed by atoms with Crippen molar-refractivity contribution in [3.05, 3.63) is 59.2 Å². The molecule has 5 heteroatoms. The van der Waals surface area contributed by atoms with E-state index in [0.29, 0.717) is 6.54 Å². The lowest BCUT2D eigenvalue weighted by Gasteiger charge is -2.26. The van der Waals surface area contributed by atoms with Gasteiger partial charge >= 0.3 is 0 Å². The average molecular weight is 356 g/mol. The Labute approximate surface area is 155 Å². The Kier molecular flexibility index (Phi) is 7.04. The van der Waals surface area contributed by atoms with Gasteiger partial charge in [0.05, 0.1) is 13.2 Å². The molecule has 0 aliphatic carbocycles. The highest BCUT2D eigenvalue weighted by Gasteiger charge is 2.19. The number of nitrogens with one attached hydrogen (secondary N) is 1. The Morgan fingerprint density at radius 3 is 2.46 bits per heavy atom. The van der Waals surface area contributed by atoms with Crippen LogP contribution in [0.5, 0.6) is 11.5 Å². The molecule has 5 nitrogen and oxygen atoms in total. The number of hydrogen-bond donors (Lipinski definition) is 1. The van der Waals surface area contributed by atoms with Gasteiger partial charge in [-0.2, -0.15) is 0 Å². The molecule has 1 atom stereocenters. The summed E-state index contributed by atoms with van der Waals surface area (Å²) in [7, 11) is 5.62. The van der Waals surface area contributed by atoms with Crippen molar-refractivity contribution >= 4 is 5.91 Å². The van der Waals surface area contributed by atoms with E-state index in [9.17, 15) is 4.79 Å². The fraction of sp³-hybridized carbons (Fsp3) is 0.381. The third-order valence-corrected chi connectivity index (χ3v) is 4.53. The zero-order valence-corrected chi connectivity index (χ0v) is 16.2. The minimum atomic E-state index is -0.146. The van der Waals surface area contributed by atoms with Gasteiger partial charge in [0.1, 0.15) is 11.5 Å². The first-order valence-corrected chi connectivity index (χ1v) is 8.69. The van der Waals surface area contributed by atoms with Crippen LogP contribution in [0.25, 0.3) is 0 Å². The van der Waals surface area contributed by atoms with Gasteiger partial charge < -0.3 is 19.7 Å². The van der Waals surface area contributed by atoms with Crippen molar-refractivity contribution < 1.29 is 14.3 Å². The van der Waals surface area contributed by atoms with E-state index >= 15 is 0 Å². The van der Waals surface area contributed by atoms with Gasteiger partial charge in [0.2, 0.25) is 0 Å². The van der Waals surface area contributed by atoms with Crippen LogP contribution >= 0.6 is 0 Å². The topological polar surface area (TPSA) is 50.8 Å². The van der Waals surface area contributed by atoms with Crippen LogP contribution in [0.1, 0.15) is 22.7 Å². The molecule has 0 fully saturated rings. The lowest BCUT2D eigenvalue weighted by molar-refractivity contribution is -0.123. The summed E-state index contributed by atoms with van der Waals surface area (Å²) >= 11 is 0. The predicted molar refractivity (Wildman–Crippen MR) is 104 cm³/mol. The number of aryl methyl sites for hydroxylation is 1. The lowest BCUT2D eigenvalue weighted by atomic mass is 10.0. The summed E-state index contributed by atoms with van der Waals surface area (Å²) in [6.07, 6.45) is 0. The van der Waals surface area contributed by atoms with Crippen molar-refractivity contribution in [3.8, 4) is 11.5 Å². The van der Waals surface area contributed by atoms with Gasteiger partial charge in [-0.05, 0) is 51.2 Å². The second kappa shape index (κ2) is 9.25. The number of likely N-dealkylation sites (N-methyl/N-ethyl adjacent to an activating group) is 1. The molecular weight excluding hydrogens is 328 g/mol. The molecule has 0 aliphatic rings.